The van der Waals surface area contributed by atoms with Crippen LogP contribution in [-0.2, 0) is 6.54 Å². The van der Waals surface area contributed by atoms with E-state index in [0.717, 1.165) is 11.3 Å². The first-order valence-electron chi connectivity index (χ1n) is 8.06. The van der Waals surface area contributed by atoms with Gasteiger partial charge in [-0.05, 0) is 31.2 Å². The number of nitrogens with one attached hydrogen (secondary N) is 1. The molecule has 7 nitrogen and oxygen atoms in total. The van der Waals surface area contributed by atoms with Gasteiger partial charge < -0.3 is 13.7 Å². The molecule has 0 bridgehead atoms. The lowest BCUT2D eigenvalue weighted by Gasteiger charge is -2.19. The molecule has 0 saturated carbocycles. The van der Waals surface area contributed by atoms with Crippen LogP contribution in [0.4, 0.5) is 0 Å². The molecule has 0 aliphatic carbocycles. The zero-order valence-corrected chi connectivity index (χ0v) is 13.7. The number of rotatable bonds is 5. The summed E-state index contributed by atoms with van der Waals surface area (Å²) in [6.07, 6.45) is 5.32. The molecule has 25 heavy (non-hydrogen) atoms. The zero-order valence-electron chi connectivity index (χ0n) is 13.7. The molecule has 0 aliphatic rings. The Hall–Kier alpha value is -3.35. The summed E-state index contributed by atoms with van der Waals surface area (Å²) < 4.78 is 7.31. The Labute approximate surface area is 143 Å². The number of hydrogen-bond donors (Lipinski definition) is 1. The minimum Gasteiger partial charge on any atom is -0.463 e. The monoisotopic (exact) mass is 335 g/mol. The number of carbonyl (C=O) groups excluding carboxylic acids is 1. The van der Waals surface area contributed by atoms with Crippen molar-refractivity contribution in [1.29, 1.82) is 0 Å². The summed E-state index contributed by atoms with van der Waals surface area (Å²) in [6.45, 7) is 2.98. The highest BCUT2D eigenvalue weighted by Crippen LogP contribution is 2.19. The summed E-state index contributed by atoms with van der Waals surface area (Å²) in [6, 6.07) is 11.1. The minimum absolute atomic E-state index is 0.137. The number of nitrogens with zero attached hydrogens (tertiary/aromatic N) is 4. The Morgan fingerprint density at radius 3 is 3.04 bits per heavy atom. The van der Waals surface area contributed by atoms with E-state index in [0.29, 0.717) is 30.2 Å². The molecule has 4 aromatic rings. The molecular weight excluding hydrogens is 318 g/mol. The standard InChI is InChI=1S/C18H17N5O2/c1-2-22(12-13-11-19-17-7-3-4-8-23(13)17)18(24)15-10-14(20-21-15)16-6-5-9-25-16/h3-11H,2,12H2,1H3,(H,20,21). The summed E-state index contributed by atoms with van der Waals surface area (Å²) in [4.78, 5) is 18.9. The lowest BCUT2D eigenvalue weighted by molar-refractivity contribution is 0.0744. The second-order valence-electron chi connectivity index (χ2n) is 5.64. The molecule has 126 valence electrons. The maximum Gasteiger partial charge on any atom is 0.274 e. The van der Waals surface area contributed by atoms with Crippen molar-refractivity contribution < 1.29 is 9.21 Å². The first-order chi connectivity index (χ1) is 12.3. The lowest BCUT2D eigenvalue weighted by atomic mass is 10.2. The number of imidazole rings is 1. The van der Waals surface area contributed by atoms with Crippen LogP contribution in [-0.4, -0.2) is 36.9 Å². The summed E-state index contributed by atoms with van der Waals surface area (Å²) >= 11 is 0. The van der Waals surface area contributed by atoms with Crippen molar-refractivity contribution in [3.63, 3.8) is 0 Å². The molecule has 1 N–H and O–H groups in total. The van der Waals surface area contributed by atoms with Gasteiger partial charge in [0.25, 0.3) is 5.91 Å². The van der Waals surface area contributed by atoms with Crippen LogP contribution < -0.4 is 0 Å². The number of H-pyrrole nitrogens is 1. The Morgan fingerprint density at radius 1 is 1.32 bits per heavy atom. The van der Waals surface area contributed by atoms with E-state index in [9.17, 15) is 4.79 Å². The lowest BCUT2D eigenvalue weighted by Crippen LogP contribution is -2.31. The van der Waals surface area contributed by atoms with Gasteiger partial charge in [0.05, 0.1) is 24.7 Å². The number of aromatic nitrogens is 4. The molecule has 0 spiro atoms. The largest absolute Gasteiger partial charge is 0.463 e. The van der Waals surface area contributed by atoms with Crippen LogP contribution in [0.25, 0.3) is 17.1 Å². The fourth-order valence-corrected chi connectivity index (χ4v) is 2.78. The van der Waals surface area contributed by atoms with Gasteiger partial charge in [0.2, 0.25) is 0 Å². The number of fused-ring (bicyclic) bond motifs is 1. The first-order valence-corrected chi connectivity index (χ1v) is 8.06. The molecule has 0 fully saturated rings. The van der Waals surface area contributed by atoms with Crippen LogP contribution in [0, 0.1) is 0 Å². The SMILES string of the molecule is CCN(Cc1cnc2ccccn12)C(=O)c1cc(-c2ccco2)[nH]n1. The molecule has 0 aliphatic heterocycles. The van der Waals surface area contributed by atoms with E-state index in [-0.39, 0.29) is 5.91 Å². The van der Waals surface area contributed by atoms with Gasteiger partial charge in [0, 0.05) is 18.8 Å². The first kappa shape index (κ1) is 15.2. The van der Waals surface area contributed by atoms with Gasteiger partial charge in [-0.15, -0.1) is 0 Å². The molecule has 4 heterocycles. The Morgan fingerprint density at radius 2 is 2.24 bits per heavy atom. The van der Waals surface area contributed by atoms with Crippen molar-refractivity contribution in [3.8, 4) is 11.5 Å². The third-order valence-electron chi connectivity index (χ3n) is 4.10. The average Bonchev–Trinajstić information content (AvgIpc) is 3.39. The molecule has 0 radical (unpaired) electrons. The van der Waals surface area contributed by atoms with Crippen LogP contribution in [0.2, 0.25) is 0 Å². The predicted molar refractivity (Wildman–Crippen MR) is 91.9 cm³/mol. The molecule has 4 aromatic heterocycles. The second-order valence-corrected chi connectivity index (χ2v) is 5.64. The molecule has 4 rings (SSSR count). The Bertz CT molecular complexity index is 1000. The molecular formula is C18H17N5O2. The van der Waals surface area contributed by atoms with E-state index >= 15 is 0 Å². The van der Waals surface area contributed by atoms with E-state index in [2.05, 4.69) is 15.2 Å². The van der Waals surface area contributed by atoms with Crippen LogP contribution in [0.15, 0.2) is 59.5 Å². The normalized spacial score (nSPS) is 11.1. The minimum atomic E-state index is -0.137. The molecule has 0 unspecified atom stereocenters. The van der Waals surface area contributed by atoms with E-state index < -0.39 is 0 Å². The average molecular weight is 335 g/mol. The van der Waals surface area contributed by atoms with Crippen LogP contribution >= 0.6 is 0 Å². The number of aromatic amines is 1. The third-order valence-corrected chi connectivity index (χ3v) is 4.10. The number of pyridine rings is 1. The highest BCUT2D eigenvalue weighted by molar-refractivity contribution is 5.93. The van der Waals surface area contributed by atoms with Crippen molar-refractivity contribution in [3.05, 3.63) is 66.4 Å². The number of furan rings is 1. The van der Waals surface area contributed by atoms with Gasteiger partial charge in [-0.1, -0.05) is 6.07 Å². The summed E-state index contributed by atoms with van der Waals surface area (Å²) in [7, 11) is 0. The second kappa shape index (κ2) is 6.27. The van der Waals surface area contributed by atoms with Crippen LogP contribution in [0.1, 0.15) is 23.1 Å². The highest BCUT2D eigenvalue weighted by Gasteiger charge is 2.20. The smallest absolute Gasteiger partial charge is 0.274 e. The van der Waals surface area contributed by atoms with Gasteiger partial charge in [0.1, 0.15) is 11.3 Å². The topological polar surface area (TPSA) is 79.4 Å². The Kier molecular flexibility index (Phi) is 3.81. The summed E-state index contributed by atoms with van der Waals surface area (Å²) in [5.41, 5.74) is 2.86. The summed E-state index contributed by atoms with van der Waals surface area (Å²) in [5, 5.41) is 6.98. The molecule has 7 heteroatoms. The molecule has 0 saturated heterocycles. The summed E-state index contributed by atoms with van der Waals surface area (Å²) in [5.74, 6) is 0.513. The number of hydrogen-bond acceptors (Lipinski definition) is 4. The van der Waals surface area contributed by atoms with Crippen molar-refractivity contribution in [2.75, 3.05) is 6.54 Å². The van der Waals surface area contributed by atoms with Crippen molar-refractivity contribution >= 4 is 11.6 Å². The van der Waals surface area contributed by atoms with Crippen molar-refractivity contribution in [2.24, 2.45) is 0 Å². The van der Waals surface area contributed by atoms with E-state index in [1.165, 1.54) is 0 Å². The van der Waals surface area contributed by atoms with E-state index in [1.807, 2.05) is 41.8 Å². The maximum absolute atomic E-state index is 12.8. The van der Waals surface area contributed by atoms with Crippen LogP contribution in [0.3, 0.4) is 0 Å². The van der Waals surface area contributed by atoms with E-state index in [1.54, 1.807) is 29.5 Å². The van der Waals surface area contributed by atoms with Gasteiger partial charge in [-0.25, -0.2) is 4.98 Å². The Balaban J connectivity index is 1.57. The quantitative estimate of drug-likeness (QED) is 0.608. The molecule has 1 amide bonds. The highest BCUT2D eigenvalue weighted by atomic mass is 16.3. The van der Waals surface area contributed by atoms with Gasteiger partial charge in [0.15, 0.2) is 11.5 Å². The predicted octanol–water partition coefficient (Wildman–Crippen LogP) is 2.98. The van der Waals surface area contributed by atoms with Gasteiger partial charge in [-0.3, -0.25) is 9.89 Å². The number of carbonyl (C=O) groups is 1. The van der Waals surface area contributed by atoms with Crippen molar-refractivity contribution in [1.82, 2.24) is 24.5 Å². The molecule has 0 atom stereocenters. The molecule has 0 aromatic carbocycles. The van der Waals surface area contributed by atoms with Crippen molar-refractivity contribution in [2.45, 2.75) is 13.5 Å². The number of amides is 1. The van der Waals surface area contributed by atoms with Crippen LogP contribution in [0.5, 0.6) is 0 Å². The van der Waals surface area contributed by atoms with Gasteiger partial charge in [-0.2, -0.15) is 5.10 Å². The fourth-order valence-electron chi connectivity index (χ4n) is 2.78. The fraction of sp³-hybridized carbons (Fsp3) is 0.167. The van der Waals surface area contributed by atoms with Gasteiger partial charge >= 0.3 is 0 Å². The van der Waals surface area contributed by atoms with E-state index in [4.69, 9.17) is 4.42 Å². The third kappa shape index (κ3) is 2.80. The zero-order chi connectivity index (χ0) is 17.2. The maximum atomic E-state index is 12.8.